The lowest BCUT2D eigenvalue weighted by Crippen LogP contribution is -2.42. The molecule has 0 radical (unpaired) electrons. The fraction of sp³-hybridized carbons (Fsp3) is 0.875. The molecule has 1 atom stereocenters. The van der Waals surface area contributed by atoms with Crippen LogP contribution in [0.1, 0.15) is 52.4 Å². The molecule has 1 N–H and O–H groups in total. The van der Waals surface area contributed by atoms with Gasteiger partial charge in [0.1, 0.15) is 0 Å². The van der Waals surface area contributed by atoms with Crippen molar-refractivity contribution in [3.63, 3.8) is 0 Å². The van der Waals surface area contributed by atoms with Crippen LogP contribution in [0.15, 0.2) is 4.99 Å². The van der Waals surface area contributed by atoms with E-state index >= 15 is 0 Å². The first-order chi connectivity index (χ1) is 10.2. The Morgan fingerprint density at radius 1 is 1.18 bits per heavy atom. The van der Waals surface area contributed by atoms with Crippen molar-refractivity contribution in [1.29, 1.82) is 0 Å². The maximum Gasteiger partial charge on any atom is 0.224 e. The summed E-state index contributed by atoms with van der Waals surface area (Å²) in [4.78, 5) is 21.3. The van der Waals surface area contributed by atoms with Crippen LogP contribution >= 0.6 is 24.0 Å². The molecule has 2 saturated heterocycles. The van der Waals surface area contributed by atoms with Crippen LogP contribution in [-0.4, -0.2) is 60.4 Å². The zero-order chi connectivity index (χ0) is 15.1. The lowest BCUT2D eigenvalue weighted by Gasteiger charge is -2.33. The highest BCUT2D eigenvalue weighted by Crippen LogP contribution is 2.17. The van der Waals surface area contributed by atoms with E-state index in [1.165, 1.54) is 19.3 Å². The molecule has 0 aliphatic carbocycles. The summed E-state index contributed by atoms with van der Waals surface area (Å²) in [5.74, 6) is 1.25. The second-order valence-electron chi connectivity index (χ2n) is 6.11. The number of halogens is 1. The molecule has 2 aliphatic rings. The molecule has 128 valence electrons. The Balaban J connectivity index is 0.00000242. The summed E-state index contributed by atoms with van der Waals surface area (Å²) < 4.78 is 0. The number of nitrogens with one attached hydrogen (secondary N) is 1. The number of hydrogen-bond donors (Lipinski definition) is 1. The molecule has 0 bridgehead atoms. The van der Waals surface area contributed by atoms with Gasteiger partial charge in [0.05, 0.1) is 6.54 Å². The van der Waals surface area contributed by atoms with Crippen LogP contribution in [0.5, 0.6) is 0 Å². The predicted octanol–water partition coefficient (Wildman–Crippen LogP) is 2.46. The van der Waals surface area contributed by atoms with Gasteiger partial charge < -0.3 is 15.1 Å². The van der Waals surface area contributed by atoms with Crippen LogP contribution in [0, 0.1) is 0 Å². The zero-order valence-corrected chi connectivity index (χ0v) is 16.3. The lowest BCUT2D eigenvalue weighted by molar-refractivity contribution is -0.134. The number of likely N-dealkylation sites (tertiary alicyclic amines) is 2. The summed E-state index contributed by atoms with van der Waals surface area (Å²) in [5, 5.41) is 3.34. The van der Waals surface area contributed by atoms with Gasteiger partial charge in [-0.1, -0.05) is 0 Å². The highest BCUT2D eigenvalue weighted by molar-refractivity contribution is 14.0. The average Bonchev–Trinajstić information content (AvgIpc) is 3.01. The monoisotopic (exact) mass is 422 g/mol. The molecule has 2 rings (SSSR count). The molecule has 6 heteroatoms. The van der Waals surface area contributed by atoms with Gasteiger partial charge in [-0.25, -0.2) is 0 Å². The molecule has 0 spiro atoms. The molecule has 0 aromatic rings. The van der Waals surface area contributed by atoms with Gasteiger partial charge >= 0.3 is 0 Å². The summed E-state index contributed by atoms with van der Waals surface area (Å²) in [7, 11) is 0. The fourth-order valence-corrected chi connectivity index (χ4v) is 3.22. The van der Waals surface area contributed by atoms with E-state index in [-0.39, 0.29) is 29.9 Å². The Kier molecular flexibility index (Phi) is 9.12. The SMILES string of the molecule is CCNC(=NCCC(=O)N1CCCCC1C)N1CCCC1.I. The van der Waals surface area contributed by atoms with Crippen molar-refractivity contribution in [3.8, 4) is 0 Å². The van der Waals surface area contributed by atoms with Gasteiger partial charge in [-0.2, -0.15) is 0 Å². The molecule has 1 unspecified atom stereocenters. The van der Waals surface area contributed by atoms with E-state index in [2.05, 4.69) is 29.1 Å². The molecule has 2 fully saturated rings. The number of carbonyl (C=O) groups excluding carboxylic acids is 1. The van der Waals surface area contributed by atoms with Crippen molar-refractivity contribution in [1.82, 2.24) is 15.1 Å². The minimum Gasteiger partial charge on any atom is -0.357 e. The standard InChI is InChI=1S/C16H30N4O.HI/c1-3-17-16(19-11-6-7-12-19)18-10-9-15(21)20-13-5-4-8-14(20)2;/h14H,3-13H2,1-2H3,(H,17,18);1H. The van der Waals surface area contributed by atoms with E-state index in [1.54, 1.807) is 0 Å². The molecule has 2 heterocycles. The number of aliphatic imine (C=N–C) groups is 1. The Morgan fingerprint density at radius 3 is 2.50 bits per heavy atom. The van der Waals surface area contributed by atoms with E-state index in [0.717, 1.165) is 45.0 Å². The first kappa shape index (κ1) is 19.5. The number of carbonyl (C=O) groups is 1. The second kappa shape index (κ2) is 10.3. The topological polar surface area (TPSA) is 47.9 Å². The summed E-state index contributed by atoms with van der Waals surface area (Å²) in [6.07, 6.45) is 6.57. The van der Waals surface area contributed by atoms with Crippen molar-refractivity contribution >= 4 is 35.8 Å². The number of piperidine rings is 1. The normalized spacial score (nSPS) is 22.5. The highest BCUT2D eigenvalue weighted by Gasteiger charge is 2.22. The molecular formula is C16H31IN4O. The molecule has 2 aliphatic heterocycles. The predicted molar refractivity (Wildman–Crippen MR) is 102 cm³/mol. The van der Waals surface area contributed by atoms with Crippen molar-refractivity contribution in [2.24, 2.45) is 4.99 Å². The van der Waals surface area contributed by atoms with Crippen LogP contribution in [0.3, 0.4) is 0 Å². The summed E-state index contributed by atoms with van der Waals surface area (Å²) in [5.41, 5.74) is 0. The third-order valence-electron chi connectivity index (χ3n) is 4.45. The van der Waals surface area contributed by atoms with Crippen molar-refractivity contribution in [2.45, 2.75) is 58.4 Å². The quantitative estimate of drug-likeness (QED) is 0.430. The van der Waals surface area contributed by atoms with Gasteiger partial charge in [0.2, 0.25) is 5.91 Å². The first-order valence-corrected chi connectivity index (χ1v) is 8.55. The molecular weight excluding hydrogens is 391 g/mol. The van der Waals surface area contributed by atoms with Crippen LogP contribution < -0.4 is 5.32 Å². The number of rotatable bonds is 4. The molecule has 1 amide bonds. The van der Waals surface area contributed by atoms with Gasteiger partial charge in [-0.15, -0.1) is 24.0 Å². The number of amides is 1. The van der Waals surface area contributed by atoms with E-state index in [1.807, 2.05) is 4.90 Å². The maximum atomic E-state index is 12.3. The third kappa shape index (κ3) is 5.59. The molecule has 5 nitrogen and oxygen atoms in total. The van der Waals surface area contributed by atoms with Crippen molar-refractivity contribution in [2.75, 3.05) is 32.7 Å². The largest absolute Gasteiger partial charge is 0.357 e. The maximum absolute atomic E-state index is 12.3. The van der Waals surface area contributed by atoms with Gasteiger partial charge in [0.15, 0.2) is 5.96 Å². The number of guanidine groups is 1. The first-order valence-electron chi connectivity index (χ1n) is 8.55. The molecule has 0 saturated carbocycles. The van der Waals surface area contributed by atoms with Crippen LogP contribution in [0.2, 0.25) is 0 Å². The Hall–Kier alpha value is -0.530. The summed E-state index contributed by atoms with van der Waals surface area (Å²) in [6, 6.07) is 0.405. The van der Waals surface area contributed by atoms with Crippen LogP contribution in [-0.2, 0) is 4.79 Å². The van der Waals surface area contributed by atoms with E-state index in [9.17, 15) is 4.79 Å². The smallest absolute Gasteiger partial charge is 0.224 e. The van der Waals surface area contributed by atoms with E-state index in [4.69, 9.17) is 0 Å². The average molecular weight is 422 g/mol. The minimum absolute atomic E-state index is 0. The van der Waals surface area contributed by atoms with Gasteiger partial charge in [-0.05, 0) is 46.0 Å². The third-order valence-corrected chi connectivity index (χ3v) is 4.45. The number of nitrogens with zero attached hydrogens (tertiary/aromatic N) is 3. The van der Waals surface area contributed by atoms with Crippen LogP contribution in [0.25, 0.3) is 0 Å². The molecule has 0 aromatic carbocycles. The summed E-state index contributed by atoms with van der Waals surface area (Å²) in [6.45, 7) is 8.83. The summed E-state index contributed by atoms with van der Waals surface area (Å²) >= 11 is 0. The Labute approximate surface area is 151 Å². The van der Waals surface area contributed by atoms with Crippen molar-refractivity contribution in [3.05, 3.63) is 0 Å². The second-order valence-corrected chi connectivity index (χ2v) is 6.11. The highest BCUT2D eigenvalue weighted by atomic mass is 127. The Bertz CT molecular complexity index is 369. The van der Waals surface area contributed by atoms with E-state index < -0.39 is 0 Å². The fourth-order valence-electron chi connectivity index (χ4n) is 3.22. The molecule has 0 aromatic heterocycles. The van der Waals surface area contributed by atoms with Gasteiger partial charge in [-0.3, -0.25) is 9.79 Å². The van der Waals surface area contributed by atoms with Crippen molar-refractivity contribution < 1.29 is 4.79 Å². The zero-order valence-electron chi connectivity index (χ0n) is 14.0. The Morgan fingerprint density at radius 2 is 1.86 bits per heavy atom. The van der Waals surface area contributed by atoms with Gasteiger partial charge in [0.25, 0.3) is 0 Å². The minimum atomic E-state index is 0. The lowest BCUT2D eigenvalue weighted by atomic mass is 10.0. The van der Waals surface area contributed by atoms with E-state index in [0.29, 0.717) is 19.0 Å². The molecule has 22 heavy (non-hydrogen) atoms. The number of hydrogen-bond acceptors (Lipinski definition) is 2. The van der Waals surface area contributed by atoms with Crippen LogP contribution in [0.4, 0.5) is 0 Å². The van der Waals surface area contributed by atoms with Gasteiger partial charge in [0, 0.05) is 38.6 Å².